The number of aryl methyl sites for hydroxylation is 2. The van der Waals surface area contributed by atoms with Crippen molar-refractivity contribution in [1.29, 1.82) is 0 Å². The summed E-state index contributed by atoms with van der Waals surface area (Å²) in [6.45, 7) is 3.43. The molecule has 0 radical (unpaired) electrons. The molecule has 2 aliphatic rings. The Hall–Kier alpha value is -1.07. The standard InChI is InChI=1S/C14H20ClN3O2/c1-9-12(13(15)17(2)16-9)10-5-3-7-18(10)14(19)11-6-4-8-20-11/h10-11H,3-8H2,1-2H3/t10-,11+/m1/s1. The second kappa shape index (κ2) is 5.37. The Labute approximate surface area is 123 Å². The fourth-order valence-corrected chi connectivity index (χ4v) is 3.61. The first kappa shape index (κ1) is 13.9. The van der Waals surface area contributed by atoms with E-state index in [4.69, 9.17) is 16.3 Å². The zero-order chi connectivity index (χ0) is 14.3. The van der Waals surface area contributed by atoms with E-state index >= 15 is 0 Å². The van der Waals surface area contributed by atoms with E-state index in [0.29, 0.717) is 11.8 Å². The summed E-state index contributed by atoms with van der Waals surface area (Å²) in [5.74, 6) is 0.115. The van der Waals surface area contributed by atoms with Crippen LogP contribution in [0, 0.1) is 6.92 Å². The number of hydrogen-bond acceptors (Lipinski definition) is 3. The molecular formula is C14H20ClN3O2. The van der Waals surface area contributed by atoms with Crippen LogP contribution in [0.3, 0.4) is 0 Å². The van der Waals surface area contributed by atoms with Crippen LogP contribution < -0.4 is 0 Å². The molecule has 20 heavy (non-hydrogen) atoms. The summed E-state index contributed by atoms with van der Waals surface area (Å²) in [7, 11) is 1.83. The lowest BCUT2D eigenvalue weighted by molar-refractivity contribution is -0.141. The van der Waals surface area contributed by atoms with Crippen molar-refractivity contribution in [2.75, 3.05) is 13.2 Å². The smallest absolute Gasteiger partial charge is 0.252 e. The van der Waals surface area contributed by atoms with Gasteiger partial charge in [0, 0.05) is 25.8 Å². The fraction of sp³-hybridized carbons (Fsp3) is 0.714. The summed E-state index contributed by atoms with van der Waals surface area (Å²) >= 11 is 6.36. The van der Waals surface area contributed by atoms with E-state index < -0.39 is 0 Å². The van der Waals surface area contributed by atoms with E-state index in [0.717, 1.165) is 43.5 Å². The number of halogens is 1. The van der Waals surface area contributed by atoms with Crippen molar-refractivity contribution in [3.8, 4) is 0 Å². The summed E-state index contributed by atoms with van der Waals surface area (Å²) < 4.78 is 7.21. The highest BCUT2D eigenvalue weighted by Crippen LogP contribution is 2.38. The highest BCUT2D eigenvalue weighted by Gasteiger charge is 2.38. The minimum Gasteiger partial charge on any atom is -0.368 e. The molecule has 0 aliphatic carbocycles. The normalized spacial score (nSPS) is 26.4. The molecule has 1 amide bonds. The average molecular weight is 298 g/mol. The summed E-state index contributed by atoms with van der Waals surface area (Å²) in [6.07, 6.45) is 3.51. The lowest BCUT2D eigenvalue weighted by Gasteiger charge is -2.27. The SMILES string of the molecule is Cc1nn(C)c(Cl)c1[C@H]1CCCN1C(=O)[C@@H]1CCCO1. The van der Waals surface area contributed by atoms with Gasteiger partial charge in [-0.3, -0.25) is 9.48 Å². The van der Waals surface area contributed by atoms with Gasteiger partial charge >= 0.3 is 0 Å². The Balaban J connectivity index is 1.86. The largest absolute Gasteiger partial charge is 0.368 e. The first-order valence-electron chi connectivity index (χ1n) is 7.20. The van der Waals surface area contributed by atoms with Gasteiger partial charge in [0.15, 0.2) is 0 Å². The molecule has 2 aliphatic heterocycles. The van der Waals surface area contributed by atoms with Crippen molar-refractivity contribution in [1.82, 2.24) is 14.7 Å². The number of nitrogens with zero attached hydrogens (tertiary/aromatic N) is 3. The molecule has 1 aromatic rings. The quantitative estimate of drug-likeness (QED) is 0.841. The van der Waals surface area contributed by atoms with Gasteiger partial charge in [-0.05, 0) is 32.6 Å². The molecule has 0 unspecified atom stereocenters. The number of likely N-dealkylation sites (tertiary alicyclic amines) is 1. The predicted octanol–water partition coefficient (Wildman–Crippen LogP) is 2.22. The Bertz CT molecular complexity index is 523. The van der Waals surface area contributed by atoms with Crippen LogP contribution in [-0.4, -0.2) is 39.8 Å². The van der Waals surface area contributed by atoms with E-state index in [9.17, 15) is 4.79 Å². The van der Waals surface area contributed by atoms with Gasteiger partial charge in [-0.2, -0.15) is 5.10 Å². The molecule has 110 valence electrons. The molecule has 2 atom stereocenters. The number of amides is 1. The molecule has 2 fully saturated rings. The summed E-state index contributed by atoms with van der Waals surface area (Å²) in [6, 6.07) is 0.0490. The van der Waals surface area contributed by atoms with Gasteiger partial charge in [0.2, 0.25) is 0 Å². The lowest BCUT2D eigenvalue weighted by Crippen LogP contribution is -2.38. The van der Waals surface area contributed by atoms with E-state index in [2.05, 4.69) is 5.10 Å². The van der Waals surface area contributed by atoms with Crippen molar-refractivity contribution < 1.29 is 9.53 Å². The monoisotopic (exact) mass is 297 g/mol. The van der Waals surface area contributed by atoms with Crippen LogP contribution in [-0.2, 0) is 16.6 Å². The van der Waals surface area contributed by atoms with Gasteiger partial charge in [0.1, 0.15) is 11.3 Å². The topological polar surface area (TPSA) is 47.4 Å². The molecule has 5 nitrogen and oxygen atoms in total. The van der Waals surface area contributed by atoms with E-state index in [1.165, 1.54) is 0 Å². The summed E-state index contributed by atoms with van der Waals surface area (Å²) in [5, 5.41) is 5.00. The van der Waals surface area contributed by atoms with Crippen LogP contribution in [0.25, 0.3) is 0 Å². The van der Waals surface area contributed by atoms with Crippen molar-refractivity contribution in [3.63, 3.8) is 0 Å². The van der Waals surface area contributed by atoms with Gasteiger partial charge in [0.25, 0.3) is 5.91 Å². The number of carbonyl (C=O) groups is 1. The Morgan fingerprint density at radius 3 is 2.80 bits per heavy atom. The van der Waals surface area contributed by atoms with E-state index in [-0.39, 0.29) is 18.1 Å². The zero-order valence-electron chi connectivity index (χ0n) is 11.9. The number of carbonyl (C=O) groups excluding carboxylic acids is 1. The maximum absolute atomic E-state index is 12.6. The number of ether oxygens (including phenoxy) is 1. The molecule has 0 bridgehead atoms. The molecule has 0 saturated carbocycles. The molecule has 1 aromatic heterocycles. The second-order valence-electron chi connectivity index (χ2n) is 5.60. The van der Waals surface area contributed by atoms with Crippen LogP contribution in [0.1, 0.15) is 43.0 Å². The third kappa shape index (κ3) is 2.23. The summed E-state index contributed by atoms with van der Waals surface area (Å²) in [5.41, 5.74) is 1.91. The highest BCUT2D eigenvalue weighted by molar-refractivity contribution is 6.30. The van der Waals surface area contributed by atoms with Gasteiger partial charge in [-0.25, -0.2) is 0 Å². The van der Waals surface area contributed by atoms with E-state index in [1.54, 1.807) is 4.68 Å². The third-order valence-electron chi connectivity index (χ3n) is 4.27. The van der Waals surface area contributed by atoms with Gasteiger partial charge < -0.3 is 9.64 Å². The van der Waals surface area contributed by atoms with Crippen molar-refractivity contribution in [2.24, 2.45) is 7.05 Å². The zero-order valence-corrected chi connectivity index (χ0v) is 12.7. The molecule has 0 N–H and O–H groups in total. The molecule has 0 spiro atoms. The number of hydrogen-bond donors (Lipinski definition) is 0. The van der Waals surface area contributed by atoms with Crippen molar-refractivity contribution >= 4 is 17.5 Å². The van der Waals surface area contributed by atoms with E-state index in [1.807, 2.05) is 18.9 Å². The van der Waals surface area contributed by atoms with Gasteiger partial charge in [0.05, 0.1) is 11.7 Å². The average Bonchev–Trinajstić information content (AvgIpc) is 3.12. The number of rotatable bonds is 2. The maximum atomic E-state index is 12.6. The van der Waals surface area contributed by atoms with Crippen LogP contribution in [0.4, 0.5) is 0 Å². The molecule has 6 heteroatoms. The van der Waals surface area contributed by atoms with Crippen molar-refractivity contribution in [2.45, 2.75) is 44.8 Å². The predicted molar refractivity (Wildman–Crippen MR) is 75.6 cm³/mol. The Morgan fingerprint density at radius 1 is 1.40 bits per heavy atom. The first-order chi connectivity index (χ1) is 9.59. The maximum Gasteiger partial charge on any atom is 0.252 e. The van der Waals surface area contributed by atoms with Gasteiger partial charge in [-0.15, -0.1) is 0 Å². The lowest BCUT2D eigenvalue weighted by atomic mass is 10.1. The van der Waals surface area contributed by atoms with Crippen LogP contribution >= 0.6 is 11.6 Å². The minimum absolute atomic E-state index is 0.0490. The fourth-order valence-electron chi connectivity index (χ4n) is 3.31. The van der Waals surface area contributed by atoms with Crippen molar-refractivity contribution in [3.05, 3.63) is 16.4 Å². The Morgan fingerprint density at radius 2 is 2.20 bits per heavy atom. The molecule has 3 rings (SSSR count). The second-order valence-corrected chi connectivity index (χ2v) is 5.96. The molecule has 3 heterocycles. The molecule has 2 saturated heterocycles. The van der Waals surface area contributed by atoms with Gasteiger partial charge in [-0.1, -0.05) is 11.6 Å². The Kier molecular flexibility index (Phi) is 3.73. The number of aromatic nitrogens is 2. The summed E-state index contributed by atoms with van der Waals surface area (Å²) in [4.78, 5) is 14.5. The highest BCUT2D eigenvalue weighted by atomic mass is 35.5. The minimum atomic E-state index is -0.258. The van der Waals surface area contributed by atoms with Crippen LogP contribution in [0.2, 0.25) is 5.15 Å². The van der Waals surface area contributed by atoms with Crippen LogP contribution in [0.5, 0.6) is 0 Å². The molecular weight excluding hydrogens is 278 g/mol. The third-order valence-corrected chi connectivity index (χ3v) is 4.72. The first-order valence-corrected chi connectivity index (χ1v) is 7.58. The molecule has 0 aromatic carbocycles. The van der Waals surface area contributed by atoms with Crippen LogP contribution in [0.15, 0.2) is 0 Å².